The van der Waals surface area contributed by atoms with Gasteiger partial charge in [-0.2, -0.15) is 5.26 Å². The van der Waals surface area contributed by atoms with E-state index >= 15 is 0 Å². The average Bonchev–Trinajstić information content (AvgIpc) is 3.20. The van der Waals surface area contributed by atoms with Crippen molar-refractivity contribution in [1.82, 2.24) is 15.5 Å². The van der Waals surface area contributed by atoms with Gasteiger partial charge in [-0.1, -0.05) is 96.1 Å². The Morgan fingerprint density at radius 2 is 1.52 bits per heavy atom. The smallest absolute Gasteiger partial charge is 0.0745 e. The first-order valence-corrected chi connectivity index (χ1v) is 25.0. The van der Waals surface area contributed by atoms with E-state index in [9.17, 15) is 5.26 Å². The van der Waals surface area contributed by atoms with Gasteiger partial charge in [0.25, 0.3) is 0 Å². The number of nitrogens with zero attached hydrogens (tertiary/aromatic N) is 2. The van der Waals surface area contributed by atoms with Crippen molar-refractivity contribution in [1.29, 1.82) is 5.26 Å². The van der Waals surface area contributed by atoms with Crippen molar-refractivity contribution in [3.8, 4) is 6.07 Å². The van der Waals surface area contributed by atoms with Gasteiger partial charge in [0.05, 0.1) is 36.2 Å². The largest absolute Gasteiger partial charge is 0.377 e. The van der Waals surface area contributed by atoms with Gasteiger partial charge in [0, 0.05) is 56.3 Å². The zero-order valence-electron chi connectivity index (χ0n) is 36.6. The Morgan fingerprint density at radius 1 is 0.804 bits per heavy atom. The van der Waals surface area contributed by atoms with Crippen LogP contribution < -0.4 is 10.6 Å². The molecule has 0 aromatic carbocycles. The number of nitrogens with one attached hydrogen (secondary N) is 2. The minimum absolute atomic E-state index is 0.00442. The lowest BCUT2D eigenvalue weighted by Gasteiger charge is -2.53. The molecule has 6 nitrogen and oxygen atoms in total. The molecule has 6 aliphatic rings. The molecular formula is C49H85ClN4O2. The van der Waals surface area contributed by atoms with Crippen LogP contribution in [0.2, 0.25) is 0 Å². The summed E-state index contributed by atoms with van der Waals surface area (Å²) in [5.41, 5.74) is 3.45. The SMILES string of the molecule is CCC/C1=C(\C(C)COC2CCC(NC3C(C#N)CNC4CC(OCC)C(N(CC5CCCCC5)CC5CCCCC5)CC43)CC2Cl)CCC(CCC)CCC1. The van der Waals surface area contributed by atoms with Crippen molar-refractivity contribution >= 4 is 11.6 Å². The Hall–Kier alpha value is -0.680. The molecule has 0 radical (unpaired) electrons. The Bertz CT molecular complexity index is 1190. The lowest BCUT2D eigenvalue weighted by atomic mass is 9.69. The molecule has 5 aliphatic carbocycles. The van der Waals surface area contributed by atoms with Gasteiger partial charge in [0.1, 0.15) is 0 Å². The molecule has 11 unspecified atom stereocenters. The van der Waals surface area contributed by atoms with Crippen LogP contribution in [0.25, 0.3) is 0 Å². The van der Waals surface area contributed by atoms with E-state index in [1.165, 1.54) is 135 Å². The molecule has 7 heteroatoms. The maximum Gasteiger partial charge on any atom is 0.0745 e. The fraction of sp³-hybridized carbons (Fsp3) is 0.939. The van der Waals surface area contributed by atoms with Gasteiger partial charge >= 0.3 is 0 Å². The van der Waals surface area contributed by atoms with Crippen LogP contribution in [0.3, 0.4) is 0 Å². The quantitative estimate of drug-likeness (QED) is 0.113. The van der Waals surface area contributed by atoms with Crippen LogP contribution in [-0.2, 0) is 9.47 Å². The highest BCUT2D eigenvalue weighted by Gasteiger charge is 2.49. The molecule has 11 atom stereocenters. The number of rotatable bonds is 17. The molecule has 0 bridgehead atoms. The monoisotopic (exact) mass is 797 g/mol. The Morgan fingerprint density at radius 3 is 2.16 bits per heavy atom. The standard InChI is InChI=1S/C49H85ClN4O2/c1-5-15-36-21-14-22-39(16-6-2)42(25-23-36)35(4)34-56-47-26-24-41(27-44(47)50)53-49-40(30-51)31-52-45-29-48(55-7-3)46(28-43(45)49)54(32-37-17-10-8-11-18-37)33-38-19-12-9-13-20-38/h35-38,40-41,43-49,52-53H,5-29,31-34H2,1-4H3/b42-39+. The summed E-state index contributed by atoms with van der Waals surface area (Å²) in [7, 11) is 0. The van der Waals surface area contributed by atoms with Gasteiger partial charge in [0.2, 0.25) is 0 Å². The minimum atomic E-state index is -0.0272. The van der Waals surface area contributed by atoms with Crippen LogP contribution in [0.5, 0.6) is 0 Å². The van der Waals surface area contributed by atoms with E-state index in [0.29, 0.717) is 30.0 Å². The Balaban J connectivity index is 1.09. The number of alkyl halides is 1. The van der Waals surface area contributed by atoms with Gasteiger partial charge in [-0.25, -0.2) is 0 Å². The van der Waals surface area contributed by atoms with Crippen LogP contribution in [-0.4, -0.2) is 79.5 Å². The first-order valence-electron chi connectivity index (χ1n) is 24.6. The Labute approximate surface area is 349 Å². The van der Waals surface area contributed by atoms with E-state index in [1.807, 2.05) is 0 Å². The molecular weight excluding hydrogens is 712 g/mol. The van der Waals surface area contributed by atoms with E-state index in [0.717, 1.165) is 69.6 Å². The van der Waals surface area contributed by atoms with E-state index < -0.39 is 0 Å². The highest BCUT2D eigenvalue weighted by atomic mass is 35.5. The zero-order chi connectivity index (χ0) is 39.3. The van der Waals surface area contributed by atoms with Gasteiger partial charge in [-0.05, 0) is 120 Å². The second-order valence-electron chi connectivity index (χ2n) is 19.9. The topological polar surface area (TPSA) is 69.5 Å². The average molecular weight is 798 g/mol. The molecule has 0 amide bonds. The van der Waals surface area contributed by atoms with Crippen molar-refractivity contribution in [3.05, 3.63) is 11.1 Å². The van der Waals surface area contributed by atoms with E-state index in [4.69, 9.17) is 21.1 Å². The Kier molecular flexibility index (Phi) is 18.7. The molecule has 4 saturated carbocycles. The van der Waals surface area contributed by atoms with Gasteiger partial charge in [-0.3, -0.25) is 4.90 Å². The highest BCUT2D eigenvalue weighted by Crippen LogP contribution is 2.41. The molecule has 0 aromatic heterocycles. The van der Waals surface area contributed by atoms with Crippen molar-refractivity contribution < 1.29 is 9.47 Å². The summed E-state index contributed by atoms with van der Waals surface area (Å²) in [6.07, 6.45) is 31.4. The molecule has 1 heterocycles. The summed E-state index contributed by atoms with van der Waals surface area (Å²) in [4.78, 5) is 2.95. The van der Waals surface area contributed by atoms with Gasteiger partial charge < -0.3 is 20.1 Å². The molecule has 6 rings (SSSR count). The lowest BCUT2D eigenvalue weighted by Crippen LogP contribution is -2.66. The number of hydrogen-bond donors (Lipinski definition) is 2. The number of fused-ring (bicyclic) bond motifs is 1. The van der Waals surface area contributed by atoms with Crippen molar-refractivity contribution in [2.75, 3.05) is 32.8 Å². The highest BCUT2D eigenvalue weighted by molar-refractivity contribution is 6.21. The summed E-state index contributed by atoms with van der Waals surface area (Å²) in [6.45, 7) is 14.1. The fourth-order valence-corrected chi connectivity index (χ4v) is 13.2. The molecule has 320 valence electrons. The van der Waals surface area contributed by atoms with Crippen LogP contribution in [0.4, 0.5) is 0 Å². The van der Waals surface area contributed by atoms with E-state index in [2.05, 4.69) is 49.3 Å². The number of ether oxygens (including phenoxy) is 2. The predicted octanol–water partition coefficient (Wildman–Crippen LogP) is 11.4. The van der Waals surface area contributed by atoms with Gasteiger partial charge in [0.15, 0.2) is 0 Å². The molecule has 0 aromatic rings. The molecule has 5 fully saturated rings. The minimum Gasteiger partial charge on any atom is -0.377 e. The summed E-state index contributed by atoms with van der Waals surface area (Å²) in [5.74, 6) is 3.40. The second kappa shape index (κ2) is 23.4. The number of hydrogen-bond acceptors (Lipinski definition) is 6. The molecule has 56 heavy (non-hydrogen) atoms. The van der Waals surface area contributed by atoms with Crippen LogP contribution in [0.15, 0.2) is 11.1 Å². The molecule has 1 saturated heterocycles. The number of halogens is 1. The normalized spacial score (nSPS) is 37.4. The molecule has 0 spiro atoms. The number of piperidine rings is 1. The first-order chi connectivity index (χ1) is 27.4. The lowest BCUT2D eigenvalue weighted by molar-refractivity contribution is -0.0752. The first kappa shape index (κ1) is 44.9. The van der Waals surface area contributed by atoms with Crippen molar-refractivity contribution in [3.63, 3.8) is 0 Å². The third kappa shape index (κ3) is 12.4. The number of nitriles is 1. The number of allylic oxidation sites excluding steroid dienone is 1. The molecule has 1 aliphatic heterocycles. The third-order valence-corrected chi connectivity index (χ3v) is 16.3. The summed E-state index contributed by atoms with van der Waals surface area (Å²) < 4.78 is 13.5. The van der Waals surface area contributed by atoms with Gasteiger partial charge in [-0.15, -0.1) is 11.6 Å². The van der Waals surface area contributed by atoms with Crippen molar-refractivity contribution in [2.24, 2.45) is 35.5 Å². The summed E-state index contributed by atoms with van der Waals surface area (Å²) in [5, 5.41) is 18.6. The maximum absolute atomic E-state index is 10.6. The van der Waals surface area contributed by atoms with Crippen LogP contribution in [0, 0.1) is 46.8 Å². The molecule has 2 N–H and O–H groups in total. The predicted molar refractivity (Wildman–Crippen MR) is 234 cm³/mol. The third-order valence-electron chi connectivity index (χ3n) is 15.8. The fourth-order valence-electron chi connectivity index (χ4n) is 12.8. The van der Waals surface area contributed by atoms with E-state index in [1.54, 1.807) is 11.1 Å². The van der Waals surface area contributed by atoms with E-state index in [-0.39, 0.29) is 29.5 Å². The maximum atomic E-state index is 10.6. The van der Waals surface area contributed by atoms with Crippen LogP contribution in [0.1, 0.15) is 182 Å². The second-order valence-corrected chi connectivity index (χ2v) is 20.4. The summed E-state index contributed by atoms with van der Waals surface area (Å²) >= 11 is 7.28. The van der Waals surface area contributed by atoms with Crippen LogP contribution >= 0.6 is 11.6 Å². The summed E-state index contributed by atoms with van der Waals surface area (Å²) in [6, 6.07) is 4.11. The van der Waals surface area contributed by atoms with Crippen molar-refractivity contribution in [2.45, 2.75) is 224 Å². The zero-order valence-corrected chi connectivity index (χ0v) is 37.4.